The van der Waals surface area contributed by atoms with Crippen molar-refractivity contribution in [3.63, 3.8) is 0 Å². The first-order valence-electron chi connectivity index (χ1n) is 6.82. The second kappa shape index (κ2) is 5.71. The molecule has 1 N–H and O–H groups in total. The van der Waals surface area contributed by atoms with E-state index in [9.17, 15) is 0 Å². The van der Waals surface area contributed by atoms with E-state index < -0.39 is 0 Å². The maximum Gasteiger partial charge on any atom is 0.183 e. The number of hydrogen-bond acceptors (Lipinski definition) is 5. The average molecular weight is 290 g/mol. The van der Waals surface area contributed by atoms with Crippen molar-refractivity contribution in [2.24, 2.45) is 5.92 Å². The third kappa shape index (κ3) is 2.88. The van der Waals surface area contributed by atoms with Gasteiger partial charge in [-0.15, -0.1) is 11.3 Å². The summed E-state index contributed by atoms with van der Waals surface area (Å²) in [5.41, 5.74) is 2.03. The fraction of sp³-hybridized carbons (Fsp3) is 0.400. The fourth-order valence-electron chi connectivity index (χ4n) is 1.98. The van der Waals surface area contributed by atoms with Gasteiger partial charge in [0.15, 0.2) is 16.6 Å². The van der Waals surface area contributed by atoms with Gasteiger partial charge in [-0.25, -0.2) is 4.98 Å². The van der Waals surface area contributed by atoms with Gasteiger partial charge in [-0.1, -0.05) is 13.8 Å². The highest BCUT2D eigenvalue weighted by Gasteiger charge is 2.13. The molecule has 0 radical (unpaired) electrons. The molecule has 0 atom stereocenters. The van der Waals surface area contributed by atoms with Crippen LogP contribution in [-0.4, -0.2) is 24.7 Å². The summed E-state index contributed by atoms with van der Waals surface area (Å²) in [6.45, 7) is 6.53. The number of benzene rings is 1. The van der Waals surface area contributed by atoms with E-state index in [0.717, 1.165) is 34.4 Å². The van der Waals surface area contributed by atoms with Crippen LogP contribution >= 0.6 is 11.3 Å². The lowest BCUT2D eigenvalue weighted by Crippen LogP contribution is -2.15. The Labute approximate surface area is 122 Å². The van der Waals surface area contributed by atoms with Crippen molar-refractivity contribution in [1.82, 2.24) is 4.98 Å². The summed E-state index contributed by atoms with van der Waals surface area (Å²) in [7, 11) is 0. The van der Waals surface area contributed by atoms with Crippen molar-refractivity contribution in [2.45, 2.75) is 13.8 Å². The van der Waals surface area contributed by atoms with E-state index in [0.29, 0.717) is 19.1 Å². The highest BCUT2D eigenvalue weighted by atomic mass is 32.1. The van der Waals surface area contributed by atoms with Crippen LogP contribution in [0.5, 0.6) is 11.5 Å². The smallest absolute Gasteiger partial charge is 0.183 e. The molecule has 4 nitrogen and oxygen atoms in total. The van der Waals surface area contributed by atoms with E-state index in [1.165, 1.54) is 0 Å². The fourth-order valence-corrected chi connectivity index (χ4v) is 2.71. The van der Waals surface area contributed by atoms with E-state index in [1.807, 2.05) is 18.2 Å². The second-order valence-electron chi connectivity index (χ2n) is 5.17. The van der Waals surface area contributed by atoms with Crippen LogP contribution in [0.2, 0.25) is 0 Å². The van der Waals surface area contributed by atoms with Gasteiger partial charge < -0.3 is 14.8 Å². The molecule has 0 aliphatic carbocycles. The molecule has 0 spiro atoms. The zero-order valence-electron chi connectivity index (χ0n) is 11.7. The first kappa shape index (κ1) is 13.2. The summed E-state index contributed by atoms with van der Waals surface area (Å²) < 4.78 is 11.1. The molecule has 3 rings (SSSR count). The van der Waals surface area contributed by atoms with Gasteiger partial charge in [0.2, 0.25) is 0 Å². The van der Waals surface area contributed by atoms with Crippen molar-refractivity contribution >= 4 is 16.5 Å². The summed E-state index contributed by atoms with van der Waals surface area (Å²) >= 11 is 1.63. The topological polar surface area (TPSA) is 43.4 Å². The minimum atomic E-state index is 0.606. The monoisotopic (exact) mass is 290 g/mol. The molecule has 0 bridgehead atoms. The molecule has 1 aromatic carbocycles. The van der Waals surface area contributed by atoms with E-state index in [-0.39, 0.29) is 0 Å². The van der Waals surface area contributed by atoms with Crippen LogP contribution in [0, 0.1) is 5.92 Å². The number of nitrogens with one attached hydrogen (secondary N) is 1. The molecule has 2 heterocycles. The number of fused-ring (bicyclic) bond motifs is 1. The molecule has 106 valence electrons. The Hall–Kier alpha value is -1.75. The number of hydrogen-bond donors (Lipinski definition) is 1. The number of nitrogens with zero attached hydrogens (tertiary/aromatic N) is 1. The Morgan fingerprint density at radius 3 is 2.85 bits per heavy atom. The molecule has 1 aromatic heterocycles. The van der Waals surface area contributed by atoms with Crippen molar-refractivity contribution in [3.05, 3.63) is 23.6 Å². The van der Waals surface area contributed by atoms with Crippen LogP contribution in [0.3, 0.4) is 0 Å². The standard InChI is InChI=1S/C15H18N2O2S/c1-10(2)8-16-15-17-12(9-20-15)11-3-4-13-14(7-11)19-6-5-18-13/h3-4,7,9-10H,5-6,8H2,1-2H3,(H,16,17). The minimum absolute atomic E-state index is 0.606. The molecule has 1 aliphatic heterocycles. The third-order valence-electron chi connectivity index (χ3n) is 3.00. The Morgan fingerprint density at radius 2 is 2.05 bits per heavy atom. The summed E-state index contributed by atoms with van der Waals surface area (Å²) in [4.78, 5) is 4.61. The number of thiazole rings is 1. The highest BCUT2D eigenvalue weighted by molar-refractivity contribution is 7.14. The molecule has 2 aromatic rings. The molecule has 0 fully saturated rings. The van der Waals surface area contributed by atoms with E-state index in [2.05, 4.69) is 29.5 Å². The van der Waals surface area contributed by atoms with Crippen LogP contribution in [0.4, 0.5) is 5.13 Å². The number of rotatable bonds is 4. The molecule has 20 heavy (non-hydrogen) atoms. The molecule has 0 unspecified atom stereocenters. The van der Waals surface area contributed by atoms with E-state index >= 15 is 0 Å². The van der Waals surface area contributed by atoms with Crippen molar-refractivity contribution in [1.29, 1.82) is 0 Å². The molecule has 0 saturated heterocycles. The van der Waals surface area contributed by atoms with Gasteiger partial charge in [0.1, 0.15) is 13.2 Å². The molecular formula is C15H18N2O2S. The molecule has 5 heteroatoms. The van der Waals surface area contributed by atoms with Gasteiger partial charge >= 0.3 is 0 Å². The Balaban J connectivity index is 1.79. The van der Waals surface area contributed by atoms with Gasteiger partial charge in [0.25, 0.3) is 0 Å². The number of ether oxygens (including phenoxy) is 2. The summed E-state index contributed by atoms with van der Waals surface area (Å²) in [6, 6.07) is 5.97. The van der Waals surface area contributed by atoms with E-state index in [1.54, 1.807) is 11.3 Å². The first-order valence-corrected chi connectivity index (χ1v) is 7.70. The zero-order chi connectivity index (χ0) is 13.9. The lowest BCUT2D eigenvalue weighted by Gasteiger charge is -2.18. The first-order chi connectivity index (χ1) is 9.72. The van der Waals surface area contributed by atoms with Gasteiger partial charge in [-0.3, -0.25) is 0 Å². The quantitative estimate of drug-likeness (QED) is 0.933. The second-order valence-corrected chi connectivity index (χ2v) is 6.03. The van der Waals surface area contributed by atoms with Crippen LogP contribution in [0.1, 0.15) is 13.8 Å². The molecular weight excluding hydrogens is 272 g/mol. The zero-order valence-corrected chi connectivity index (χ0v) is 12.5. The lowest BCUT2D eigenvalue weighted by molar-refractivity contribution is 0.171. The van der Waals surface area contributed by atoms with Crippen molar-refractivity contribution < 1.29 is 9.47 Å². The highest BCUT2D eigenvalue weighted by Crippen LogP contribution is 2.35. The van der Waals surface area contributed by atoms with Crippen LogP contribution in [0.25, 0.3) is 11.3 Å². The predicted octanol–water partition coefficient (Wildman–Crippen LogP) is 3.65. The average Bonchev–Trinajstić information content (AvgIpc) is 2.93. The van der Waals surface area contributed by atoms with Gasteiger partial charge in [0, 0.05) is 17.5 Å². The van der Waals surface area contributed by atoms with Gasteiger partial charge in [-0.2, -0.15) is 0 Å². The lowest BCUT2D eigenvalue weighted by atomic mass is 10.1. The maximum absolute atomic E-state index is 5.61. The largest absolute Gasteiger partial charge is 0.486 e. The Bertz CT molecular complexity index is 595. The number of aromatic nitrogens is 1. The maximum atomic E-state index is 5.61. The van der Waals surface area contributed by atoms with Crippen LogP contribution in [-0.2, 0) is 0 Å². The molecule has 0 amide bonds. The minimum Gasteiger partial charge on any atom is -0.486 e. The normalized spacial score (nSPS) is 13.6. The van der Waals surface area contributed by atoms with Crippen LogP contribution in [0.15, 0.2) is 23.6 Å². The Morgan fingerprint density at radius 1 is 1.25 bits per heavy atom. The summed E-state index contributed by atoms with van der Waals surface area (Å²) in [5.74, 6) is 2.23. The summed E-state index contributed by atoms with van der Waals surface area (Å²) in [6.07, 6.45) is 0. The summed E-state index contributed by atoms with van der Waals surface area (Å²) in [5, 5.41) is 6.37. The molecule has 0 saturated carbocycles. The van der Waals surface area contributed by atoms with Gasteiger partial charge in [-0.05, 0) is 24.1 Å². The van der Waals surface area contributed by atoms with E-state index in [4.69, 9.17) is 9.47 Å². The number of anilines is 1. The van der Waals surface area contributed by atoms with Crippen molar-refractivity contribution in [3.8, 4) is 22.8 Å². The van der Waals surface area contributed by atoms with Crippen LogP contribution < -0.4 is 14.8 Å². The molecule has 1 aliphatic rings. The Kier molecular flexibility index (Phi) is 3.78. The SMILES string of the molecule is CC(C)CNc1nc(-c2ccc3c(c2)OCCO3)cs1. The predicted molar refractivity (Wildman–Crippen MR) is 81.9 cm³/mol. The van der Waals surface area contributed by atoms with Crippen molar-refractivity contribution in [2.75, 3.05) is 25.1 Å². The third-order valence-corrected chi connectivity index (χ3v) is 3.80. The van der Waals surface area contributed by atoms with Gasteiger partial charge in [0.05, 0.1) is 5.69 Å².